The lowest BCUT2D eigenvalue weighted by Gasteiger charge is -2.22. The average molecular weight is 286 g/mol. The van der Waals surface area contributed by atoms with E-state index in [9.17, 15) is 0 Å². The lowest BCUT2D eigenvalue weighted by atomic mass is 10.2. The second kappa shape index (κ2) is 7.12. The summed E-state index contributed by atoms with van der Waals surface area (Å²) in [7, 11) is 0. The molecule has 0 aromatic carbocycles. The molecule has 1 aliphatic rings. The second-order valence-electron chi connectivity index (χ2n) is 3.43. The molecule has 16 heavy (non-hydrogen) atoms. The van der Waals surface area contributed by atoms with Crippen LogP contribution in [-0.2, 0) is 0 Å². The molecular formula is C9H15Cl3N4. The normalized spacial score (nSPS) is 18.9. The number of halogens is 3. The Balaban J connectivity index is 0.00000112. The van der Waals surface area contributed by atoms with Crippen molar-refractivity contribution < 1.29 is 0 Å². The van der Waals surface area contributed by atoms with Crippen LogP contribution in [0.3, 0.4) is 0 Å². The quantitative estimate of drug-likeness (QED) is 0.902. The molecule has 0 aliphatic carbocycles. The second-order valence-corrected chi connectivity index (χ2v) is 3.86. The largest absolute Gasteiger partial charge is 0.337 e. The maximum Gasteiger partial charge on any atom is 0.225 e. The zero-order chi connectivity index (χ0) is 9.97. The molecule has 1 fully saturated rings. The predicted octanol–water partition coefficient (Wildman–Crippen LogP) is 1.90. The van der Waals surface area contributed by atoms with Gasteiger partial charge in [0.05, 0.1) is 17.4 Å². The first-order chi connectivity index (χ1) is 6.81. The third-order valence-corrected chi connectivity index (χ3v) is 2.71. The zero-order valence-electron chi connectivity index (χ0n) is 8.67. The highest BCUT2D eigenvalue weighted by molar-refractivity contribution is 6.30. The van der Waals surface area contributed by atoms with Crippen LogP contribution in [0.2, 0.25) is 5.02 Å². The first kappa shape index (κ1) is 15.7. The minimum atomic E-state index is 0. The van der Waals surface area contributed by atoms with Crippen molar-refractivity contribution in [2.75, 3.05) is 18.0 Å². The lowest BCUT2D eigenvalue weighted by molar-refractivity contribution is 0.664. The van der Waals surface area contributed by atoms with Gasteiger partial charge in [0.25, 0.3) is 0 Å². The maximum absolute atomic E-state index is 5.72. The Hall–Kier alpha value is -0.290. The Morgan fingerprint density at radius 2 is 2.00 bits per heavy atom. The van der Waals surface area contributed by atoms with Crippen molar-refractivity contribution in [3.05, 3.63) is 17.4 Å². The van der Waals surface area contributed by atoms with Crippen molar-refractivity contribution in [3.63, 3.8) is 0 Å². The summed E-state index contributed by atoms with van der Waals surface area (Å²) in [6.07, 6.45) is 5.53. The molecule has 1 saturated heterocycles. The molecule has 2 heterocycles. The summed E-state index contributed by atoms with van der Waals surface area (Å²) in [6, 6.07) is 0.385. The predicted molar refractivity (Wildman–Crippen MR) is 71.0 cm³/mol. The smallest absolute Gasteiger partial charge is 0.225 e. The highest BCUT2D eigenvalue weighted by Crippen LogP contribution is 2.21. The van der Waals surface area contributed by atoms with E-state index in [1.165, 1.54) is 0 Å². The first-order valence-electron chi connectivity index (χ1n) is 4.75. The summed E-state index contributed by atoms with van der Waals surface area (Å²) in [6.45, 7) is 1.65. The van der Waals surface area contributed by atoms with E-state index < -0.39 is 0 Å². The molecule has 1 aliphatic heterocycles. The van der Waals surface area contributed by atoms with E-state index in [0.717, 1.165) is 25.3 Å². The van der Waals surface area contributed by atoms with Crippen LogP contribution < -0.4 is 10.6 Å². The summed E-state index contributed by atoms with van der Waals surface area (Å²) in [5.41, 5.74) is 5.67. The van der Waals surface area contributed by atoms with Gasteiger partial charge in [0.2, 0.25) is 5.95 Å². The molecule has 92 valence electrons. The van der Waals surface area contributed by atoms with Crippen molar-refractivity contribution in [1.82, 2.24) is 9.97 Å². The Morgan fingerprint density at radius 1 is 1.38 bits per heavy atom. The fraction of sp³-hybridized carbons (Fsp3) is 0.556. The van der Waals surface area contributed by atoms with Crippen molar-refractivity contribution in [2.45, 2.75) is 18.9 Å². The van der Waals surface area contributed by atoms with Gasteiger partial charge in [0.1, 0.15) is 0 Å². The number of nitrogens with two attached hydrogens (primary N) is 1. The van der Waals surface area contributed by atoms with E-state index in [2.05, 4.69) is 14.9 Å². The highest BCUT2D eigenvalue weighted by atomic mass is 35.5. The van der Waals surface area contributed by atoms with Gasteiger partial charge in [-0.15, -0.1) is 24.8 Å². The van der Waals surface area contributed by atoms with Gasteiger partial charge < -0.3 is 10.6 Å². The van der Waals surface area contributed by atoms with E-state index in [-0.39, 0.29) is 24.8 Å². The van der Waals surface area contributed by atoms with E-state index in [4.69, 9.17) is 17.3 Å². The van der Waals surface area contributed by atoms with Crippen LogP contribution >= 0.6 is 36.4 Å². The highest BCUT2D eigenvalue weighted by Gasteiger charge is 2.24. The van der Waals surface area contributed by atoms with Crippen molar-refractivity contribution in [3.8, 4) is 0 Å². The number of rotatable bonds is 2. The summed E-state index contributed by atoms with van der Waals surface area (Å²) in [5, 5.41) is 0.567. The molecule has 1 atom stereocenters. The first-order valence-corrected chi connectivity index (χ1v) is 5.13. The summed E-state index contributed by atoms with van der Waals surface area (Å²) in [5.74, 6) is 0.738. The zero-order valence-corrected chi connectivity index (χ0v) is 11.1. The lowest BCUT2D eigenvalue weighted by Crippen LogP contribution is -2.36. The van der Waals surface area contributed by atoms with Crippen LogP contribution in [0.15, 0.2) is 12.4 Å². The molecule has 0 saturated carbocycles. The van der Waals surface area contributed by atoms with Gasteiger partial charge in [0, 0.05) is 19.1 Å². The molecule has 2 rings (SSSR count). The Bertz CT molecular complexity index is 306. The van der Waals surface area contributed by atoms with Gasteiger partial charge in [-0.2, -0.15) is 0 Å². The van der Waals surface area contributed by atoms with E-state index in [0.29, 0.717) is 17.6 Å². The van der Waals surface area contributed by atoms with Crippen molar-refractivity contribution in [2.24, 2.45) is 5.73 Å². The molecular weight excluding hydrogens is 270 g/mol. The van der Waals surface area contributed by atoms with Crippen LogP contribution in [0.25, 0.3) is 0 Å². The Morgan fingerprint density at radius 3 is 2.56 bits per heavy atom. The van der Waals surface area contributed by atoms with Gasteiger partial charge in [-0.25, -0.2) is 9.97 Å². The monoisotopic (exact) mass is 284 g/mol. The number of hydrogen-bond acceptors (Lipinski definition) is 4. The van der Waals surface area contributed by atoms with E-state index in [1.807, 2.05) is 0 Å². The fourth-order valence-corrected chi connectivity index (χ4v) is 1.90. The molecule has 0 spiro atoms. The van der Waals surface area contributed by atoms with E-state index in [1.54, 1.807) is 12.4 Å². The Kier molecular flexibility index (Phi) is 6.99. The topological polar surface area (TPSA) is 55.0 Å². The maximum atomic E-state index is 5.72. The van der Waals surface area contributed by atoms with E-state index >= 15 is 0 Å². The van der Waals surface area contributed by atoms with Crippen LogP contribution in [0.4, 0.5) is 5.95 Å². The fourth-order valence-electron chi connectivity index (χ4n) is 1.80. The SMILES string of the molecule is Cl.Cl.NCC1CCCN1c1ncc(Cl)cn1. The minimum Gasteiger partial charge on any atom is -0.337 e. The number of nitrogens with zero attached hydrogens (tertiary/aromatic N) is 3. The molecule has 1 aromatic rings. The summed E-state index contributed by atoms with van der Waals surface area (Å²) >= 11 is 5.72. The van der Waals surface area contributed by atoms with Gasteiger partial charge in [-0.3, -0.25) is 0 Å². The molecule has 0 bridgehead atoms. The molecule has 0 amide bonds. The molecule has 0 radical (unpaired) electrons. The summed E-state index contributed by atoms with van der Waals surface area (Å²) in [4.78, 5) is 10.5. The Labute approximate surface area is 112 Å². The molecule has 2 N–H and O–H groups in total. The van der Waals surface area contributed by atoms with Crippen molar-refractivity contribution >= 4 is 42.4 Å². The van der Waals surface area contributed by atoms with Crippen LogP contribution in [0.1, 0.15) is 12.8 Å². The third kappa shape index (κ3) is 3.35. The van der Waals surface area contributed by atoms with Crippen LogP contribution in [0.5, 0.6) is 0 Å². The van der Waals surface area contributed by atoms with Crippen LogP contribution in [0, 0.1) is 0 Å². The van der Waals surface area contributed by atoms with Gasteiger partial charge >= 0.3 is 0 Å². The van der Waals surface area contributed by atoms with Crippen molar-refractivity contribution in [1.29, 1.82) is 0 Å². The minimum absolute atomic E-state index is 0. The van der Waals surface area contributed by atoms with Gasteiger partial charge in [-0.05, 0) is 12.8 Å². The average Bonchev–Trinajstić information content (AvgIpc) is 2.67. The van der Waals surface area contributed by atoms with Gasteiger partial charge in [-0.1, -0.05) is 11.6 Å². The standard InChI is InChI=1S/C9H13ClN4.2ClH/c10-7-5-12-9(13-6-7)14-3-1-2-8(14)4-11;;/h5-6,8H,1-4,11H2;2*1H. The third-order valence-electron chi connectivity index (χ3n) is 2.51. The molecule has 1 aromatic heterocycles. The number of anilines is 1. The number of hydrogen-bond donors (Lipinski definition) is 1. The summed E-state index contributed by atoms with van der Waals surface area (Å²) < 4.78 is 0. The molecule has 7 heteroatoms. The van der Waals surface area contributed by atoms with Gasteiger partial charge in [0.15, 0.2) is 0 Å². The molecule has 1 unspecified atom stereocenters. The number of aromatic nitrogens is 2. The van der Waals surface area contributed by atoms with Crippen LogP contribution in [-0.4, -0.2) is 29.1 Å². The molecule has 4 nitrogen and oxygen atoms in total.